The lowest BCUT2D eigenvalue weighted by Crippen LogP contribution is -2.41. The molecule has 1 aliphatic rings. The number of nitrogens with zero attached hydrogens (tertiary/aromatic N) is 1. The van der Waals surface area contributed by atoms with Gasteiger partial charge in [-0.1, -0.05) is 0 Å². The second-order valence-corrected chi connectivity index (χ2v) is 6.69. The van der Waals surface area contributed by atoms with E-state index in [9.17, 15) is 4.79 Å². The lowest BCUT2D eigenvalue weighted by molar-refractivity contribution is 0.00578. The molecule has 5 nitrogen and oxygen atoms in total. The smallest absolute Gasteiger partial charge is 0.398 e. The van der Waals surface area contributed by atoms with Gasteiger partial charge in [0.1, 0.15) is 0 Å². The van der Waals surface area contributed by atoms with Crippen molar-refractivity contribution >= 4 is 18.6 Å². The van der Waals surface area contributed by atoms with E-state index in [2.05, 4.69) is 10.3 Å². The summed E-state index contributed by atoms with van der Waals surface area (Å²) in [5.74, 6) is -0.127. The highest BCUT2D eigenvalue weighted by atomic mass is 16.7. The molecule has 1 aromatic rings. The van der Waals surface area contributed by atoms with Crippen molar-refractivity contribution in [2.24, 2.45) is 0 Å². The maximum absolute atomic E-state index is 11.9. The van der Waals surface area contributed by atoms with Crippen molar-refractivity contribution in [2.75, 3.05) is 0 Å². The first kappa shape index (κ1) is 16.0. The van der Waals surface area contributed by atoms with Gasteiger partial charge in [-0.15, -0.1) is 0 Å². The van der Waals surface area contributed by atoms with Crippen LogP contribution in [0.5, 0.6) is 0 Å². The van der Waals surface area contributed by atoms with Gasteiger partial charge in [0.25, 0.3) is 5.91 Å². The molecule has 0 saturated carbocycles. The number of aromatic nitrogens is 1. The standard InChI is InChI=1S/C15H23BN2O3/c1-10(2)18-13(19)11-7-8-12(17-9-11)16-20-14(3,4)15(5,6)21-16/h7-10H,1-6H3,(H,18,19). The molecule has 0 aliphatic carbocycles. The van der Waals surface area contributed by atoms with Crippen molar-refractivity contribution in [3.05, 3.63) is 23.9 Å². The van der Waals surface area contributed by atoms with Gasteiger partial charge in [0, 0.05) is 12.2 Å². The molecule has 21 heavy (non-hydrogen) atoms. The van der Waals surface area contributed by atoms with E-state index in [-0.39, 0.29) is 11.9 Å². The lowest BCUT2D eigenvalue weighted by Gasteiger charge is -2.32. The zero-order valence-electron chi connectivity index (χ0n) is 13.6. The average molecular weight is 290 g/mol. The number of carbonyl (C=O) groups excluding carboxylic acids is 1. The Labute approximate surface area is 126 Å². The van der Waals surface area contributed by atoms with Crippen molar-refractivity contribution in [2.45, 2.75) is 58.8 Å². The zero-order chi connectivity index (χ0) is 15.8. The molecule has 1 fully saturated rings. The molecule has 0 radical (unpaired) electrons. The maximum atomic E-state index is 11.9. The number of hydrogen-bond acceptors (Lipinski definition) is 4. The predicted molar refractivity (Wildman–Crippen MR) is 82.6 cm³/mol. The maximum Gasteiger partial charge on any atom is 0.514 e. The quantitative estimate of drug-likeness (QED) is 0.857. The summed E-state index contributed by atoms with van der Waals surface area (Å²) in [5.41, 5.74) is 0.416. The van der Waals surface area contributed by atoms with Gasteiger partial charge in [-0.3, -0.25) is 9.78 Å². The Kier molecular flexibility index (Phi) is 4.13. The summed E-state index contributed by atoms with van der Waals surface area (Å²) in [5, 5.41) is 2.83. The molecule has 2 heterocycles. The van der Waals surface area contributed by atoms with Crippen molar-refractivity contribution in [3.63, 3.8) is 0 Å². The molecule has 1 N–H and O–H groups in total. The Morgan fingerprint density at radius 2 is 1.76 bits per heavy atom. The monoisotopic (exact) mass is 290 g/mol. The third-order valence-electron chi connectivity index (χ3n) is 3.96. The minimum Gasteiger partial charge on any atom is -0.398 e. The predicted octanol–water partition coefficient (Wildman–Crippen LogP) is 1.52. The van der Waals surface area contributed by atoms with Crippen molar-refractivity contribution < 1.29 is 14.1 Å². The molecule has 1 aliphatic heterocycles. The Morgan fingerprint density at radius 1 is 1.19 bits per heavy atom. The van der Waals surface area contributed by atoms with E-state index in [1.54, 1.807) is 18.3 Å². The highest BCUT2D eigenvalue weighted by Gasteiger charge is 2.52. The molecule has 0 spiro atoms. The normalized spacial score (nSPS) is 19.9. The summed E-state index contributed by atoms with van der Waals surface area (Å²) in [7, 11) is -0.503. The molecule has 1 aromatic heterocycles. The van der Waals surface area contributed by atoms with E-state index in [0.29, 0.717) is 11.2 Å². The fraction of sp³-hybridized carbons (Fsp3) is 0.600. The third kappa shape index (κ3) is 3.27. The van der Waals surface area contributed by atoms with Gasteiger partial charge in [-0.25, -0.2) is 0 Å². The summed E-state index contributed by atoms with van der Waals surface area (Å²) in [6.07, 6.45) is 1.55. The Hall–Kier alpha value is -1.40. The number of rotatable bonds is 3. The molecule has 114 valence electrons. The molecule has 0 unspecified atom stereocenters. The van der Waals surface area contributed by atoms with Crippen LogP contribution in [0.25, 0.3) is 0 Å². The number of pyridine rings is 1. The number of carbonyl (C=O) groups is 1. The van der Waals surface area contributed by atoms with Crippen LogP contribution in [0.15, 0.2) is 18.3 Å². The van der Waals surface area contributed by atoms with Crippen molar-refractivity contribution in [1.82, 2.24) is 10.3 Å². The summed E-state index contributed by atoms with van der Waals surface area (Å²) < 4.78 is 11.9. The number of nitrogens with one attached hydrogen (secondary N) is 1. The molecule has 1 saturated heterocycles. The van der Waals surface area contributed by atoms with E-state index in [1.165, 1.54) is 0 Å². The van der Waals surface area contributed by atoms with Gasteiger partial charge in [0.15, 0.2) is 0 Å². The summed E-state index contributed by atoms with van der Waals surface area (Å²) in [6.45, 7) is 11.8. The van der Waals surface area contributed by atoms with Gasteiger partial charge < -0.3 is 14.6 Å². The Morgan fingerprint density at radius 3 is 2.19 bits per heavy atom. The minimum absolute atomic E-state index is 0.0975. The zero-order valence-corrected chi connectivity index (χ0v) is 13.6. The van der Waals surface area contributed by atoms with Gasteiger partial charge in [0.05, 0.1) is 22.4 Å². The molecular weight excluding hydrogens is 267 g/mol. The van der Waals surface area contributed by atoms with Crippen molar-refractivity contribution in [3.8, 4) is 0 Å². The first-order chi connectivity index (χ1) is 9.62. The van der Waals surface area contributed by atoms with Crippen molar-refractivity contribution in [1.29, 1.82) is 0 Å². The molecule has 0 aromatic carbocycles. The molecule has 2 rings (SSSR count). The fourth-order valence-corrected chi connectivity index (χ4v) is 1.99. The van der Waals surface area contributed by atoms with Crippen LogP contribution in [-0.4, -0.2) is 35.3 Å². The second kappa shape index (κ2) is 5.42. The van der Waals surface area contributed by atoms with Crippen LogP contribution in [0.1, 0.15) is 51.9 Å². The highest BCUT2D eigenvalue weighted by Crippen LogP contribution is 2.36. The Balaban J connectivity index is 2.12. The van der Waals surface area contributed by atoms with Crippen LogP contribution in [0.2, 0.25) is 0 Å². The molecular formula is C15H23BN2O3. The van der Waals surface area contributed by atoms with Crippen LogP contribution in [0.3, 0.4) is 0 Å². The minimum atomic E-state index is -0.503. The summed E-state index contributed by atoms with van der Waals surface area (Å²) in [4.78, 5) is 16.2. The average Bonchev–Trinajstić information content (AvgIpc) is 2.58. The van der Waals surface area contributed by atoms with Gasteiger partial charge >= 0.3 is 7.12 Å². The fourth-order valence-electron chi connectivity index (χ4n) is 1.99. The molecule has 0 bridgehead atoms. The number of hydrogen-bond donors (Lipinski definition) is 1. The van der Waals surface area contributed by atoms with E-state index in [1.807, 2.05) is 41.5 Å². The topological polar surface area (TPSA) is 60.5 Å². The summed E-state index contributed by atoms with van der Waals surface area (Å²) >= 11 is 0. The van der Waals surface area contributed by atoms with Crippen LogP contribution in [-0.2, 0) is 9.31 Å². The van der Waals surface area contributed by atoms with Crippen LogP contribution < -0.4 is 10.9 Å². The Bertz CT molecular complexity index is 510. The van der Waals surface area contributed by atoms with Crippen LogP contribution >= 0.6 is 0 Å². The van der Waals surface area contributed by atoms with Gasteiger partial charge in [-0.05, 0) is 53.7 Å². The van der Waals surface area contributed by atoms with Crippen LogP contribution in [0.4, 0.5) is 0 Å². The SMILES string of the molecule is CC(C)NC(=O)c1ccc(B2OC(C)(C)C(C)(C)O2)nc1. The highest BCUT2D eigenvalue weighted by molar-refractivity contribution is 6.61. The molecule has 1 amide bonds. The first-order valence-corrected chi connectivity index (χ1v) is 7.25. The largest absolute Gasteiger partial charge is 0.514 e. The van der Waals surface area contributed by atoms with E-state index < -0.39 is 18.3 Å². The third-order valence-corrected chi connectivity index (χ3v) is 3.96. The number of amides is 1. The van der Waals surface area contributed by atoms with E-state index >= 15 is 0 Å². The van der Waals surface area contributed by atoms with Gasteiger partial charge in [-0.2, -0.15) is 0 Å². The first-order valence-electron chi connectivity index (χ1n) is 7.25. The van der Waals surface area contributed by atoms with Gasteiger partial charge in [0.2, 0.25) is 0 Å². The van der Waals surface area contributed by atoms with Crippen LogP contribution in [0, 0.1) is 0 Å². The van der Waals surface area contributed by atoms with E-state index in [4.69, 9.17) is 9.31 Å². The molecule has 6 heteroatoms. The second-order valence-electron chi connectivity index (χ2n) is 6.69. The van der Waals surface area contributed by atoms with E-state index in [0.717, 1.165) is 0 Å². The lowest BCUT2D eigenvalue weighted by atomic mass is 9.84. The summed E-state index contributed by atoms with van der Waals surface area (Å²) in [6, 6.07) is 3.61. The molecule has 0 atom stereocenters.